The quantitative estimate of drug-likeness (QED) is 0.811. The van der Waals surface area contributed by atoms with Crippen LogP contribution in [0.1, 0.15) is 58.3 Å². The predicted octanol–water partition coefficient (Wildman–Crippen LogP) is 3.11. The summed E-state index contributed by atoms with van der Waals surface area (Å²) in [5.41, 5.74) is 0.461. The first-order valence-electron chi connectivity index (χ1n) is 7.66. The Balaban J connectivity index is 1.69. The van der Waals surface area contributed by atoms with Gasteiger partial charge < -0.3 is 10.1 Å². The van der Waals surface area contributed by atoms with E-state index < -0.39 is 0 Å². The molecule has 2 saturated carbocycles. The Morgan fingerprint density at radius 1 is 1.12 bits per heavy atom. The predicted molar refractivity (Wildman–Crippen MR) is 70.1 cm³/mol. The molecule has 0 radical (unpaired) electrons. The summed E-state index contributed by atoms with van der Waals surface area (Å²) in [5.74, 6) is 0.917. The van der Waals surface area contributed by atoms with Crippen molar-refractivity contribution in [2.24, 2.45) is 11.3 Å². The van der Waals surface area contributed by atoms with Crippen LogP contribution in [0, 0.1) is 11.3 Å². The molecule has 0 spiro atoms. The van der Waals surface area contributed by atoms with Crippen molar-refractivity contribution in [1.82, 2.24) is 5.32 Å². The summed E-state index contributed by atoms with van der Waals surface area (Å²) in [6, 6.07) is 0.836. The Bertz CT molecular complexity index is 258. The van der Waals surface area contributed by atoms with E-state index in [1.54, 1.807) is 0 Å². The molecule has 0 aromatic rings. The van der Waals surface area contributed by atoms with Gasteiger partial charge in [-0.1, -0.05) is 19.3 Å². The normalized spacial score (nSPS) is 39.7. The molecule has 1 aliphatic heterocycles. The molecule has 0 bridgehead atoms. The van der Waals surface area contributed by atoms with Crippen LogP contribution in [-0.2, 0) is 4.74 Å². The van der Waals surface area contributed by atoms with Crippen LogP contribution in [0.4, 0.5) is 0 Å². The molecule has 3 fully saturated rings. The van der Waals surface area contributed by atoms with Gasteiger partial charge in [0.05, 0.1) is 6.10 Å². The van der Waals surface area contributed by atoms with Crippen LogP contribution in [-0.4, -0.2) is 25.3 Å². The fraction of sp³-hybridized carbons (Fsp3) is 1.00. The van der Waals surface area contributed by atoms with E-state index in [4.69, 9.17) is 4.74 Å². The minimum atomic E-state index is 0.461. The first-order valence-corrected chi connectivity index (χ1v) is 7.66. The summed E-state index contributed by atoms with van der Waals surface area (Å²) in [5, 5.41) is 3.79. The molecule has 0 amide bonds. The van der Waals surface area contributed by atoms with E-state index in [2.05, 4.69) is 12.2 Å². The molecule has 2 heteroatoms. The molecule has 98 valence electrons. The minimum absolute atomic E-state index is 0.461. The molecule has 0 aromatic carbocycles. The van der Waals surface area contributed by atoms with Crippen molar-refractivity contribution in [1.29, 1.82) is 0 Å². The average Bonchev–Trinajstić information content (AvgIpc) is 3.12. The fourth-order valence-electron chi connectivity index (χ4n) is 4.01. The Hall–Kier alpha value is -0.0800. The van der Waals surface area contributed by atoms with E-state index >= 15 is 0 Å². The minimum Gasteiger partial charge on any atom is -0.378 e. The topological polar surface area (TPSA) is 21.3 Å². The first kappa shape index (κ1) is 12.0. The van der Waals surface area contributed by atoms with Crippen LogP contribution in [0.25, 0.3) is 0 Å². The maximum Gasteiger partial charge on any atom is 0.0618 e. The molecular weight excluding hydrogens is 210 g/mol. The van der Waals surface area contributed by atoms with E-state index in [9.17, 15) is 0 Å². The Kier molecular flexibility index (Phi) is 3.45. The van der Waals surface area contributed by atoms with E-state index in [1.165, 1.54) is 57.9 Å². The average molecular weight is 237 g/mol. The third kappa shape index (κ3) is 2.39. The van der Waals surface area contributed by atoms with Gasteiger partial charge in [0.15, 0.2) is 0 Å². The van der Waals surface area contributed by atoms with Crippen LogP contribution < -0.4 is 5.32 Å². The zero-order valence-electron chi connectivity index (χ0n) is 11.2. The van der Waals surface area contributed by atoms with Crippen molar-refractivity contribution in [2.75, 3.05) is 13.2 Å². The molecule has 2 unspecified atom stereocenters. The van der Waals surface area contributed by atoms with Gasteiger partial charge in [0, 0.05) is 24.6 Å². The van der Waals surface area contributed by atoms with E-state index in [0.717, 1.165) is 18.6 Å². The summed E-state index contributed by atoms with van der Waals surface area (Å²) in [7, 11) is 0. The largest absolute Gasteiger partial charge is 0.378 e. The third-order valence-corrected chi connectivity index (χ3v) is 5.46. The number of ether oxygens (including phenoxy) is 1. The SMILES string of the molecule is CC1OCCC1(CNC1CC1)C1CCCCC1. The summed E-state index contributed by atoms with van der Waals surface area (Å²) in [6.07, 6.45) is 11.8. The van der Waals surface area contributed by atoms with E-state index in [1.807, 2.05) is 0 Å². The molecule has 1 N–H and O–H groups in total. The van der Waals surface area contributed by atoms with E-state index in [0.29, 0.717) is 11.5 Å². The maximum atomic E-state index is 5.93. The van der Waals surface area contributed by atoms with Crippen molar-refractivity contribution in [2.45, 2.75) is 70.4 Å². The van der Waals surface area contributed by atoms with Crippen molar-refractivity contribution >= 4 is 0 Å². The highest BCUT2D eigenvalue weighted by atomic mass is 16.5. The van der Waals surface area contributed by atoms with Gasteiger partial charge >= 0.3 is 0 Å². The third-order valence-electron chi connectivity index (χ3n) is 5.46. The zero-order chi connectivity index (χ0) is 11.7. The Labute approximate surface area is 105 Å². The van der Waals surface area contributed by atoms with Gasteiger partial charge in [-0.05, 0) is 44.9 Å². The van der Waals surface area contributed by atoms with Crippen molar-refractivity contribution in [3.8, 4) is 0 Å². The zero-order valence-corrected chi connectivity index (χ0v) is 11.2. The van der Waals surface area contributed by atoms with Crippen molar-refractivity contribution in [3.05, 3.63) is 0 Å². The smallest absolute Gasteiger partial charge is 0.0618 e. The number of rotatable bonds is 4. The second-order valence-electron chi connectivity index (χ2n) is 6.49. The summed E-state index contributed by atoms with van der Waals surface area (Å²) >= 11 is 0. The molecule has 3 aliphatic rings. The monoisotopic (exact) mass is 237 g/mol. The molecule has 1 saturated heterocycles. The number of hydrogen-bond acceptors (Lipinski definition) is 2. The fourth-order valence-corrected chi connectivity index (χ4v) is 4.01. The van der Waals surface area contributed by atoms with Gasteiger partial charge in [0.25, 0.3) is 0 Å². The molecule has 17 heavy (non-hydrogen) atoms. The first-order chi connectivity index (χ1) is 8.31. The maximum absolute atomic E-state index is 5.93. The molecule has 2 aliphatic carbocycles. The van der Waals surface area contributed by atoms with Crippen molar-refractivity contribution < 1.29 is 4.74 Å². The second kappa shape index (κ2) is 4.89. The molecule has 1 heterocycles. The lowest BCUT2D eigenvalue weighted by Crippen LogP contribution is -2.46. The van der Waals surface area contributed by atoms with Crippen molar-refractivity contribution in [3.63, 3.8) is 0 Å². The van der Waals surface area contributed by atoms with Crippen LogP contribution in [0.3, 0.4) is 0 Å². The van der Waals surface area contributed by atoms with Gasteiger partial charge in [0.2, 0.25) is 0 Å². The lowest BCUT2D eigenvalue weighted by Gasteiger charge is -2.42. The molecule has 2 atom stereocenters. The lowest BCUT2D eigenvalue weighted by molar-refractivity contribution is 0.0147. The van der Waals surface area contributed by atoms with Crippen LogP contribution in [0.15, 0.2) is 0 Å². The summed E-state index contributed by atoms with van der Waals surface area (Å²) in [4.78, 5) is 0. The second-order valence-corrected chi connectivity index (χ2v) is 6.49. The van der Waals surface area contributed by atoms with Gasteiger partial charge in [0.1, 0.15) is 0 Å². The summed E-state index contributed by atoms with van der Waals surface area (Å²) in [6.45, 7) is 4.52. The number of nitrogens with one attached hydrogen (secondary N) is 1. The van der Waals surface area contributed by atoms with Gasteiger partial charge in [-0.15, -0.1) is 0 Å². The molecular formula is C15H27NO. The standard InChI is InChI=1S/C15H27NO/c1-12-15(9-10-17-12,11-16-14-7-8-14)13-5-3-2-4-6-13/h12-14,16H,2-11H2,1H3. The Morgan fingerprint density at radius 3 is 2.47 bits per heavy atom. The van der Waals surface area contributed by atoms with Gasteiger partial charge in [-0.2, -0.15) is 0 Å². The highest BCUT2D eigenvalue weighted by Gasteiger charge is 2.47. The summed E-state index contributed by atoms with van der Waals surface area (Å²) < 4.78 is 5.93. The van der Waals surface area contributed by atoms with Crippen LogP contribution in [0.2, 0.25) is 0 Å². The van der Waals surface area contributed by atoms with Crippen LogP contribution in [0.5, 0.6) is 0 Å². The number of hydrogen-bond donors (Lipinski definition) is 1. The molecule has 0 aromatic heterocycles. The molecule has 3 rings (SSSR count). The van der Waals surface area contributed by atoms with Crippen LogP contribution >= 0.6 is 0 Å². The lowest BCUT2D eigenvalue weighted by atomic mass is 9.65. The molecule has 2 nitrogen and oxygen atoms in total. The Morgan fingerprint density at radius 2 is 1.88 bits per heavy atom. The van der Waals surface area contributed by atoms with Gasteiger partial charge in [-0.25, -0.2) is 0 Å². The van der Waals surface area contributed by atoms with Gasteiger partial charge in [-0.3, -0.25) is 0 Å². The highest BCUT2D eigenvalue weighted by Crippen LogP contribution is 2.47. The van der Waals surface area contributed by atoms with E-state index in [-0.39, 0.29) is 0 Å². The highest BCUT2D eigenvalue weighted by molar-refractivity contribution is 4.99.